The van der Waals surface area contributed by atoms with Gasteiger partial charge in [0.1, 0.15) is 11.6 Å². The molecule has 0 bridgehead atoms. The zero-order valence-electron chi connectivity index (χ0n) is 16.9. The minimum Gasteiger partial charge on any atom is -0.496 e. The molecule has 152 valence electrons. The Morgan fingerprint density at radius 3 is 2.79 bits per heavy atom. The monoisotopic (exact) mass is 394 g/mol. The van der Waals surface area contributed by atoms with Crippen LogP contribution < -0.4 is 4.74 Å². The number of para-hydroxylation sites is 1. The van der Waals surface area contributed by atoms with Gasteiger partial charge in [0, 0.05) is 57.2 Å². The lowest BCUT2D eigenvalue weighted by Crippen LogP contribution is -2.39. The summed E-state index contributed by atoms with van der Waals surface area (Å²) in [5, 5.41) is 0. The van der Waals surface area contributed by atoms with Gasteiger partial charge in [-0.1, -0.05) is 12.1 Å². The molecule has 0 unspecified atom stereocenters. The summed E-state index contributed by atoms with van der Waals surface area (Å²) in [5.74, 6) is 1.66. The Hall–Kier alpha value is -2.96. The first kappa shape index (κ1) is 19.4. The van der Waals surface area contributed by atoms with Crippen LogP contribution in [-0.4, -0.2) is 58.3 Å². The van der Waals surface area contributed by atoms with E-state index in [1.54, 1.807) is 26.2 Å². The first-order chi connectivity index (χ1) is 14.1. The van der Waals surface area contributed by atoms with Gasteiger partial charge in [-0.05, 0) is 25.0 Å². The molecular weight excluding hydrogens is 368 g/mol. The van der Waals surface area contributed by atoms with E-state index in [4.69, 9.17) is 9.72 Å². The number of carbonyl (C=O) groups excluding carboxylic acids is 2. The minimum atomic E-state index is -0.0402. The Balaban J connectivity index is 1.50. The number of carbonyl (C=O) groups is 2. The van der Waals surface area contributed by atoms with Crippen molar-refractivity contribution >= 4 is 11.8 Å². The first-order valence-corrected chi connectivity index (χ1v) is 10.1. The summed E-state index contributed by atoms with van der Waals surface area (Å²) in [4.78, 5) is 37.8. The average molecular weight is 394 g/mol. The molecule has 4 rings (SSSR count). The largest absolute Gasteiger partial charge is 0.496 e. The molecule has 0 radical (unpaired) electrons. The number of benzene rings is 1. The van der Waals surface area contributed by atoms with Crippen molar-refractivity contribution in [1.29, 1.82) is 0 Å². The standard InChI is InChI=1S/C22H26N4O3/c1-15(27)25-10-5-6-16(13-25)21-23-12-17-14-26(11-9-19(17)24-21)22(28)18-7-3-4-8-20(18)29-2/h3-4,7-8,12,16H,5-6,9-11,13-14H2,1-2H3/t16-/m1/s1. The number of likely N-dealkylation sites (tertiary alicyclic amines) is 1. The molecule has 0 saturated carbocycles. The van der Waals surface area contributed by atoms with Crippen LogP contribution in [0.4, 0.5) is 0 Å². The van der Waals surface area contributed by atoms with E-state index in [0.29, 0.717) is 37.4 Å². The Labute approximate surface area is 170 Å². The highest BCUT2D eigenvalue weighted by molar-refractivity contribution is 5.97. The topological polar surface area (TPSA) is 75.6 Å². The Morgan fingerprint density at radius 1 is 1.17 bits per heavy atom. The van der Waals surface area contributed by atoms with E-state index in [0.717, 1.165) is 36.5 Å². The first-order valence-electron chi connectivity index (χ1n) is 10.1. The van der Waals surface area contributed by atoms with E-state index in [1.165, 1.54) is 0 Å². The van der Waals surface area contributed by atoms with Crippen LogP contribution in [0.5, 0.6) is 5.75 Å². The number of amides is 2. The van der Waals surface area contributed by atoms with E-state index in [2.05, 4.69) is 4.98 Å². The average Bonchev–Trinajstić information content (AvgIpc) is 2.77. The zero-order valence-corrected chi connectivity index (χ0v) is 16.9. The lowest BCUT2D eigenvalue weighted by Gasteiger charge is -2.32. The van der Waals surface area contributed by atoms with Gasteiger partial charge in [-0.15, -0.1) is 0 Å². The van der Waals surface area contributed by atoms with Gasteiger partial charge in [0.2, 0.25) is 5.91 Å². The van der Waals surface area contributed by atoms with Gasteiger partial charge in [0.15, 0.2) is 0 Å². The summed E-state index contributed by atoms with van der Waals surface area (Å²) >= 11 is 0. The fourth-order valence-electron chi connectivity index (χ4n) is 4.17. The van der Waals surface area contributed by atoms with Crippen LogP contribution in [0.3, 0.4) is 0 Å². The summed E-state index contributed by atoms with van der Waals surface area (Å²) in [5.41, 5.74) is 2.57. The summed E-state index contributed by atoms with van der Waals surface area (Å²) in [6.45, 7) is 4.23. The molecule has 0 spiro atoms. The van der Waals surface area contributed by atoms with Gasteiger partial charge in [-0.25, -0.2) is 9.97 Å². The van der Waals surface area contributed by atoms with Gasteiger partial charge in [-0.2, -0.15) is 0 Å². The number of piperidine rings is 1. The molecule has 1 aromatic heterocycles. The number of aromatic nitrogens is 2. The van der Waals surface area contributed by atoms with Crippen molar-refractivity contribution < 1.29 is 14.3 Å². The Kier molecular flexibility index (Phi) is 5.47. The highest BCUT2D eigenvalue weighted by Gasteiger charge is 2.28. The molecule has 2 aliphatic rings. The molecule has 1 aromatic carbocycles. The van der Waals surface area contributed by atoms with E-state index in [-0.39, 0.29) is 17.7 Å². The lowest BCUT2D eigenvalue weighted by molar-refractivity contribution is -0.130. The van der Waals surface area contributed by atoms with Crippen molar-refractivity contribution in [2.45, 2.75) is 38.6 Å². The van der Waals surface area contributed by atoms with Crippen molar-refractivity contribution in [1.82, 2.24) is 19.8 Å². The van der Waals surface area contributed by atoms with Crippen molar-refractivity contribution in [3.8, 4) is 5.75 Å². The molecule has 7 heteroatoms. The molecule has 7 nitrogen and oxygen atoms in total. The smallest absolute Gasteiger partial charge is 0.257 e. The lowest BCUT2D eigenvalue weighted by atomic mass is 9.96. The van der Waals surface area contributed by atoms with E-state index in [9.17, 15) is 9.59 Å². The van der Waals surface area contributed by atoms with Crippen LogP contribution in [0.2, 0.25) is 0 Å². The fraction of sp³-hybridized carbons (Fsp3) is 0.455. The zero-order chi connectivity index (χ0) is 20.4. The van der Waals surface area contributed by atoms with Crippen LogP contribution in [0.1, 0.15) is 53.1 Å². The molecule has 2 aromatic rings. The normalized spacial score (nSPS) is 18.9. The minimum absolute atomic E-state index is 0.0402. The van der Waals surface area contributed by atoms with Crippen molar-refractivity contribution in [3.63, 3.8) is 0 Å². The molecular formula is C22H26N4O3. The third-order valence-corrected chi connectivity index (χ3v) is 5.81. The van der Waals surface area contributed by atoms with Gasteiger partial charge >= 0.3 is 0 Å². The van der Waals surface area contributed by atoms with Crippen LogP contribution >= 0.6 is 0 Å². The van der Waals surface area contributed by atoms with Crippen molar-refractivity contribution in [2.75, 3.05) is 26.7 Å². The molecule has 29 heavy (non-hydrogen) atoms. The molecule has 1 saturated heterocycles. The maximum absolute atomic E-state index is 13.0. The van der Waals surface area contributed by atoms with Crippen LogP contribution in [0.15, 0.2) is 30.5 Å². The molecule has 1 atom stereocenters. The molecule has 1 fully saturated rings. The summed E-state index contributed by atoms with van der Waals surface area (Å²) in [6, 6.07) is 7.29. The second-order valence-corrected chi connectivity index (χ2v) is 7.68. The number of ether oxygens (including phenoxy) is 1. The fourth-order valence-corrected chi connectivity index (χ4v) is 4.17. The van der Waals surface area contributed by atoms with E-state index < -0.39 is 0 Å². The third-order valence-electron chi connectivity index (χ3n) is 5.81. The predicted molar refractivity (Wildman–Crippen MR) is 108 cm³/mol. The van der Waals surface area contributed by atoms with Gasteiger partial charge in [-0.3, -0.25) is 9.59 Å². The van der Waals surface area contributed by atoms with Crippen LogP contribution in [0.25, 0.3) is 0 Å². The van der Waals surface area contributed by atoms with Gasteiger partial charge in [0.05, 0.1) is 18.4 Å². The summed E-state index contributed by atoms with van der Waals surface area (Å²) < 4.78 is 5.33. The third kappa shape index (κ3) is 3.95. The molecule has 2 amide bonds. The maximum atomic E-state index is 13.0. The summed E-state index contributed by atoms with van der Waals surface area (Å²) in [7, 11) is 1.57. The van der Waals surface area contributed by atoms with E-state index in [1.807, 2.05) is 28.1 Å². The SMILES string of the molecule is COc1ccccc1C(=O)N1CCc2nc([C@@H]3CCCN(C(C)=O)C3)ncc2C1. The van der Waals surface area contributed by atoms with Crippen molar-refractivity contribution in [2.24, 2.45) is 0 Å². The second kappa shape index (κ2) is 8.19. The number of rotatable bonds is 3. The van der Waals surface area contributed by atoms with E-state index >= 15 is 0 Å². The number of nitrogens with zero attached hydrogens (tertiary/aromatic N) is 4. The maximum Gasteiger partial charge on any atom is 0.257 e. The molecule has 0 aliphatic carbocycles. The van der Waals surface area contributed by atoms with Crippen molar-refractivity contribution in [3.05, 3.63) is 53.1 Å². The Bertz CT molecular complexity index is 930. The highest BCUT2D eigenvalue weighted by Crippen LogP contribution is 2.27. The highest BCUT2D eigenvalue weighted by atomic mass is 16.5. The molecule has 3 heterocycles. The number of methoxy groups -OCH3 is 1. The molecule has 2 aliphatic heterocycles. The number of fused-ring (bicyclic) bond motifs is 1. The molecule has 0 N–H and O–H groups in total. The van der Waals surface area contributed by atoms with Gasteiger partial charge in [0.25, 0.3) is 5.91 Å². The number of hydrogen-bond donors (Lipinski definition) is 0. The van der Waals surface area contributed by atoms with Crippen LogP contribution in [-0.2, 0) is 17.8 Å². The predicted octanol–water partition coefficient (Wildman–Crippen LogP) is 2.41. The summed E-state index contributed by atoms with van der Waals surface area (Å²) in [6.07, 6.45) is 4.54. The van der Waals surface area contributed by atoms with Gasteiger partial charge < -0.3 is 14.5 Å². The second-order valence-electron chi connectivity index (χ2n) is 7.68. The quantitative estimate of drug-likeness (QED) is 0.799. The number of hydrogen-bond acceptors (Lipinski definition) is 5. The Morgan fingerprint density at radius 2 is 2.00 bits per heavy atom. The van der Waals surface area contributed by atoms with Crippen LogP contribution in [0, 0.1) is 0 Å².